The lowest BCUT2D eigenvalue weighted by atomic mass is 9.92. The molecule has 0 aromatic heterocycles. The Hall–Kier alpha value is -3.43. The molecule has 0 spiro atoms. The van der Waals surface area contributed by atoms with Crippen LogP contribution in [-0.2, 0) is 22.4 Å². The first-order chi connectivity index (χ1) is 17.1. The molecule has 3 aromatic carbocycles. The minimum Gasteiger partial charge on any atom is -0.492 e. The lowest BCUT2D eigenvalue weighted by molar-refractivity contribution is -0.141. The second-order valence-corrected chi connectivity index (χ2v) is 9.81. The highest BCUT2D eigenvalue weighted by molar-refractivity contribution is 7.98. The second-order valence-electron chi connectivity index (χ2n) is 8.93. The number of thioether (sulfide) groups is 1. The van der Waals surface area contributed by atoms with E-state index in [1.54, 1.807) is 11.8 Å². The van der Waals surface area contributed by atoms with E-state index < -0.39 is 0 Å². The molecule has 0 N–H and O–H groups in total. The Morgan fingerprint density at radius 3 is 2.69 bits per heavy atom. The maximum atomic E-state index is 11.7. The number of hydrogen-bond donors (Lipinski definition) is 0. The van der Waals surface area contributed by atoms with Crippen molar-refractivity contribution in [3.8, 4) is 17.6 Å². The molecule has 0 saturated heterocycles. The zero-order valence-electron chi connectivity index (χ0n) is 19.9. The monoisotopic (exact) mass is 485 g/mol. The van der Waals surface area contributed by atoms with Crippen LogP contribution >= 0.6 is 11.8 Å². The predicted octanol–water partition coefficient (Wildman–Crippen LogP) is 5.98. The van der Waals surface area contributed by atoms with Crippen molar-refractivity contribution in [2.45, 2.75) is 42.6 Å². The molecular formula is C29H27NO4S. The summed E-state index contributed by atoms with van der Waals surface area (Å²) in [6, 6.07) is 20.8. The van der Waals surface area contributed by atoms with Gasteiger partial charge in [0.2, 0.25) is 0 Å². The lowest BCUT2D eigenvalue weighted by Crippen LogP contribution is -2.09. The van der Waals surface area contributed by atoms with E-state index in [0.717, 1.165) is 53.0 Å². The molecule has 6 heteroatoms. The van der Waals surface area contributed by atoms with Gasteiger partial charge in [0.25, 0.3) is 0 Å². The topological polar surface area (TPSA) is 68.6 Å². The third kappa shape index (κ3) is 4.74. The summed E-state index contributed by atoms with van der Waals surface area (Å²) in [6.07, 6.45) is 4.80. The van der Waals surface area contributed by atoms with Crippen molar-refractivity contribution in [1.29, 1.82) is 5.26 Å². The van der Waals surface area contributed by atoms with Gasteiger partial charge in [-0.25, -0.2) is 0 Å². The first-order valence-corrected chi connectivity index (χ1v) is 13.0. The van der Waals surface area contributed by atoms with E-state index in [4.69, 9.17) is 14.2 Å². The average molecular weight is 486 g/mol. The van der Waals surface area contributed by atoms with Crippen molar-refractivity contribution in [3.63, 3.8) is 0 Å². The number of carbonyl (C=O) groups is 1. The molecule has 0 saturated carbocycles. The quantitative estimate of drug-likeness (QED) is 0.303. The maximum absolute atomic E-state index is 11.7. The molecule has 0 fully saturated rings. The number of carbonyl (C=O) groups excluding carboxylic acids is 1. The zero-order valence-corrected chi connectivity index (χ0v) is 20.7. The second kappa shape index (κ2) is 10.1. The molecule has 0 bridgehead atoms. The molecule has 1 heterocycles. The fourth-order valence-electron chi connectivity index (χ4n) is 5.06. The molecule has 2 atom stereocenters. The standard InChI is InChI=1S/C29H27NO4S/c1-32-29(31)14-20-17-33-28-15-21(6-10-23(20)28)34-27-12-11-24-25(27)9-5-19(16-30)26(24)13-18-3-7-22(35-2)8-4-18/h3-10,15,20,27H,11-14,17H2,1-2H3. The normalized spacial score (nSPS) is 17.7. The van der Waals surface area contributed by atoms with Crippen molar-refractivity contribution < 1.29 is 19.0 Å². The molecule has 3 aromatic rings. The molecule has 35 heavy (non-hydrogen) atoms. The minimum atomic E-state index is -0.234. The Kier molecular flexibility index (Phi) is 6.70. The smallest absolute Gasteiger partial charge is 0.306 e. The van der Waals surface area contributed by atoms with Crippen LogP contribution < -0.4 is 9.47 Å². The van der Waals surface area contributed by atoms with Crippen LogP contribution in [0.15, 0.2) is 59.5 Å². The van der Waals surface area contributed by atoms with Crippen LogP contribution in [-0.4, -0.2) is 25.9 Å². The summed E-state index contributed by atoms with van der Waals surface area (Å²) in [5.74, 6) is 1.29. The SMILES string of the molecule is COC(=O)CC1COc2cc(OC3CCc4c3ccc(C#N)c4Cc3ccc(SC)cc3)ccc21. The van der Waals surface area contributed by atoms with Crippen LogP contribution in [0.1, 0.15) is 58.2 Å². The third-order valence-electron chi connectivity index (χ3n) is 6.92. The van der Waals surface area contributed by atoms with Gasteiger partial charge in [0.1, 0.15) is 17.6 Å². The lowest BCUT2D eigenvalue weighted by Gasteiger charge is -2.17. The van der Waals surface area contributed by atoms with Crippen LogP contribution in [0.5, 0.6) is 11.5 Å². The summed E-state index contributed by atoms with van der Waals surface area (Å²) >= 11 is 1.73. The summed E-state index contributed by atoms with van der Waals surface area (Å²) in [7, 11) is 1.40. The Balaban J connectivity index is 1.36. The summed E-state index contributed by atoms with van der Waals surface area (Å²) < 4.78 is 17.1. The number of fused-ring (bicyclic) bond motifs is 2. The van der Waals surface area contributed by atoms with Crippen molar-refractivity contribution in [3.05, 3.63) is 88.0 Å². The van der Waals surface area contributed by atoms with Crippen LogP contribution in [0.3, 0.4) is 0 Å². The number of esters is 1. The fraction of sp³-hybridized carbons (Fsp3) is 0.310. The van der Waals surface area contributed by atoms with E-state index in [1.165, 1.54) is 23.1 Å². The van der Waals surface area contributed by atoms with E-state index in [-0.39, 0.29) is 18.0 Å². The largest absolute Gasteiger partial charge is 0.492 e. The van der Waals surface area contributed by atoms with Gasteiger partial charge in [0, 0.05) is 22.4 Å². The van der Waals surface area contributed by atoms with Crippen molar-refractivity contribution in [1.82, 2.24) is 0 Å². The molecule has 1 aliphatic carbocycles. The van der Waals surface area contributed by atoms with E-state index in [2.05, 4.69) is 36.6 Å². The molecule has 5 nitrogen and oxygen atoms in total. The van der Waals surface area contributed by atoms with Gasteiger partial charge >= 0.3 is 5.97 Å². The van der Waals surface area contributed by atoms with Gasteiger partial charge in [-0.05, 0) is 72.0 Å². The molecule has 178 valence electrons. The summed E-state index contributed by atoms with van der Waals surface area (Å²) in [4.78, 5) is 12.9. The molecule has 1 aliphatic heterocycles. The van der Waals surface area contributed by atoms with Gasteiger partial charge in [-0.3, -0.25) is 4.79 Å². The summed E-state index contributed by atoms with van der Waals surface area (Å²) in [6.45, 7) is 0.471. The number of hydrogen-bond acceptors (Lipinski definition) is 6. The third-order valence-corrected chi connectivity index (χ3v) is 7.66. The number of ether oxygens (including phenoxy) is 3. The highest BCUT2D eigenvalue weighted by Gasteiger charge is 2.30. The van der Waals surface area contributed by atoms with E-state index >= 15 is 0 Å². The first kappa shape index (κ1) is 23.3. The van der Waals surface area contributed by atoms with E-state index in [1.807, 2.05) is 30.3 Å². The zero-order chi connectivity index (χ0) is 24.4. The molecular weight excluding hydrogens is 458 g/mol. The first-order valence-electron chi connectivity index (χ1n) is 11.8. The minimum absolute atomic E-state index is 0.00986. The Morgan fingerprint density at radius 2 is 1.94 bits per heavy atom. The number of methoxy groups -OCH3 is 1. The highest BCUT2D eigenvalue weighted by atomic mass is 32.2. The van der Waals surface area contributed by atoms with Crippen molar-refractivity contribution >= 4 is 17.7 Å². The van der Waals surface area contributed by atoms with Gasteiger partial charge in [-0.1, -0.05) is 24.3 Å². The fourth-order valence-corrected chi connectivity index (χ4v) is 5.47. The molecule has 2 aliphatic rings. The highest BCUT2D eigenvalue weighted by Crippen LogP contribution is 2.42. The van der Waals surface area contributed by atoms with Crippen LogP contribution in [0.4, 0.5) is 0 Å². The molecule has 0 radical (unpaired) electrons. The van der Waals surface area contributed by atoms with Gasteiger partial charge in [0.05, 0.1) is 31.8 Å². The van der Waals surface area contributed by atoms with Crippen molar-refractivity contribution in [2.75, 3.05) is 20.0 Å². The Bertz CT molecular complexity index is 1300. The van der Waals surface area contributed by atoms with Gasteiger partial charge in [-0.15, -0.1) is 11.8 Å². The van der Waals surface area contributed by atoms with Crippen LogP contribution in [0.25, 0.3) is 0 Å². The Morgan fingerprint density at radius 1 is 1.14 bits per heavy atom. The van der Waals surface area contributed by atoms with Crippen LogP contribution in [0.2, 0.25) is 0 Å². The molecule has 2 unspecified atom stereocenters. The van der Waals surface area contributed by atoms with E-state index in [9.17, 15) is 10.1 Å². The Labute approximate surface area is 210 Å². The summed E-state index contributed by atoms with van der Waals surface area (Å²) in [5.41, 5.74) is 6.46. The summed E-state index contributed by atoms with van der Waals surface area (Å²) in [5, 5.41) is 9.76. The van der Waals surface area contributed by atoms with Gasteiger partial charge < -0.3 is 14.2 Å². The molecule has 0 amide bonds. The average Bonchev–Trinajstić information content (AvgIpc) is 3.48. The van der Waals surface area contributed by atoms with E-state index in [0.29, 0.717) is 13.0 Å². The number of nitrogens with zero attached hydrogens (tertiary/aromatic N) is 1. The number of rotatable bonds is 7. The number of benzene rings is 3. The maximum Gasteiger partial charge on any atom is 0.306 e. The van der Waals surface area contributed by atoms with Gasteiger partial charge in [0.15, 0.2) is 0 Å². The number of nitriles is 1. The van der Waals surface area contributed by atoms with Crippen LogP contribution in [0, 0.1) is 11.3 Å². The predicted molar refractivity (Wildman–Crippen MR) is 135 cm³/mol. The van der Waals surface area contributed by atoms with Gasteiger partial charge in [-0.2, -0.15) is 5.26 Å². The molecule has 5 rings (SSSR count). The van der Waals surface area contributed by atoms with Crippen molar-refractivity contribution in [2.24, 2.45) is 0 Å².